The van der Waals surface area contributed by atoms with Gasteiger partial charge in [-0.1, -0.05) is 54.8 Å². The third-order valence-corrected chi connectivity index (χ3v) is 9.44. The molecule has 224 valence electrons. The molecule has 0 radical (unpaired) electrons. The van der Waals surface area contributed by atoms with Crippen molar-refractivity contribution in [3.8, 4) is 11.5 Å². The summed E-state index contributed by atoms with van der Waals surface area (Å²) in [6, 6.07) is 18.7. The molecule has 1 saturated carbocycles. The fraction of sp³-hybridized carbons (Fsp3) is 0.355. The third kappa shape index (κ3) is 7.35. The lowest BCUT2D eigenvalue weighted by molar-refractivity contribution is -0.139. The van der Waals surface area contributed by atoms with Crippen molar-refractivity contribution >= 4 is 39.1 Å². The van der Waals surface area contributed by atoms with Crippen molar-refractivity contribution in [2.24, 2.45) is 0 Å². The zero-order valence-corrected chi connectivity index (χ0v) is 25.5. The Morgan fingerprint density at radius 3 is 2.21 bits per heavy atom. The van der Waals surface area contributed by atoms with Crippen molar-refractivity contribution in [3.63, 3.8) is 0 Å². The quantitative estimate of drug-likeness (QED) is 0.307. The average Bonchev–Trinajstić information content (AvgIpc) is 3.52. The second-order valence-corrected chi connectivity index (χ2v) is 12.5. The second-order valence-electron chi connectivity index (χ2n) is 10.2. The van der Waals surface area contributed by atoms with Crippen LogP contribution in [0.1, 0.15) is 38.2 Å². The molecule has 2 amide bonds. The van der Waals surface area contributed by atoms with Gasteiger partial charge in [0.1, 0.15) is 12.6 Å². The number of rotatable bonds is 12. The largest absolute Gasteiger partial charge is 0.493 e. The molecule has 0 saturated heterocycles. The van der Waals surface area contributed by atoms with Crippen molar-refractivity contribution in [1.29, 1.82) is 0 Å². The lowest BCUT2D eigenvalue weighted by Crippen LogP contribution is -2.52. The van der Waals surface area contributed by atoms with Crippen LogP contribution in [-0.2, 0) is 26.2 Å². The van der Waals surface area contributed by atoms with E-state index in [1.165, 1.54) is 37.3 Å². The number of carbonyl (C=O) groups excluding carboxylic acids is 2. The fourth-order valence-electron chi connectivity index (χ4n) is 4.99. The minimum absolute atomic E-state index is 0.0175. The molecule has 0 bridgehead atoms. The van der Waals surface area contributed by atoms with Gasteiger partial charge < -0.3 is 19.7 Å². The molecule has 1 N–H and O–H groups in total. The smallest absolute Gasteiger partial charge is 0.264 e. The van der Waals surface area contributed by atoms with E-state index in [0.717, 1.165) is 35.6 Å². The highest BCUT2D eigenvalue weighted by molar-refractivity contribution is 7.92. The maximum Gasteiger partial charge on any atom is 0.264 e. The summed E-state index contributed by atoms with van der Waals surface area (Å²) in [7, 11) is -1.27. The minimum atomic E-state index is -4.20. The molecule has 0 spiro atoms. The molecular weight excluding hydrogens is 578 g/mol. The van der Waals surface area contributed by atoms with Gasteiger partial charge in [0, 0.05) is 23.7 Å². The predicted molar refractivity (Wildman–Crippen MR) is 162 cm³/mol. The van der Waals surface area contributed by atoms with Crippen LogP contribution in [0.2, 0.25) is 5.02 Å². The van der Waals surface area contributed by atoms with E-state index in [4.69, 9.17) is 21.1 Å². The number of sulfonamides is 1. The van der Waals surface area contributed by atoms with E-state index < -0.39 is 28.5 Å². The Labute approximate surface area is 252 Å². The number of nitrogens with one attached hydrogen (secondary N) is 1. The number of halogens is 1. The van der Waals surface area contributed by atoms with Gasteiger partial charge in [-0.3, -0.25) is 13.9 Å². The van der Waals surface area contributed by atoms with Gasteiger partial charge in [0.15, 0.2) is 11.5 Å². The van der Waals surface area contributed by atoms with Gasteiger partial charge >= 0.3 is 0 Å². The molecular formula is C31H36ClN3O6S. The first-order valence-corrected chi connectivity index (χ1v) is 15.6. The van der Waals surface area contributed by atoms with Crippen molar-refractivity contribution in [3.05, 3.63) is 83.4 Å². The minimum Gasteiger partial charge on any atom is -0.493 e. The monoisotopic (exact) mass is 613 g/mol. The van der Waals surface area contributed by atoms with Crippen molar-refractivity contribution in [2.75, 3.05) is 25.1 Å². The van der Waals surface area contributed by atoms with E-state index in [9.17, 15) is 18.0 Å². The fourth-order valence-corrected chi connectivity index (χ4v) is 6.54. The summed E-state index contributed by atoms with van der Waals surface area (Å²) in [6.07, 6.45) is 3.88. The zero-order chi connectivity index (χ0) is 30.3. The normalized spacial score (nSPS) is 14.2. The molecule has 1 aliphatic carbocycles. The molecule has 3 aromatic carbocycles. The maximum absolute atomic E-state index is 14.1. The van der Waals surface area contributed by atoms with E-state index in [1.54, 1.807) is 61.5 Å². The molecule has 11 heteroatoms. The van der Waals surface area contributed by atoms with Crippen LogP contribution in [0.3, 0.4) is 0 Å². The lowest BCUT2D eigenvalue weighted by Gasteiger charge is -2.32. The van der Waals surface area contributed by atoms with Crippen LogP contribution < -0.4 is 19.1 Å². The third-order valence-electron chi connectivity index (χ3n) is 7.40. The summed E-state index contributed by atoms with van der Waals surface area (Å²) in [4.78, 5) is 28.8. The summed E-state index contributed by atoms with van der Waals surface area (Å²) in [5.41, 5.74) is 0.955. The Bertz CT molecular complexity index is 1480. The number of hydrogen-bond acceptors (Lipinski definition) is 6. The molecule has 1 fully saturated rings. The number of anilines is 1. The van der Waals surface area contributed by atoms with E-state index in [0.29, 0.717) is 16.5 Å². The number of benzene rings is 3. The molecule has 42 heavy (non-hydrogen) atoms. The summed E-state index contributed by atoms with van der Waals surface area (Å²) in [5, 5.41) is 3.60. The summed E-state index contributed by atoms with van der Waals surface area (Å²) in [5.74, 6) is -0.120. The van der Waals surface area contributed by atoms with Gasteiger partial charge in [-0.2, -0.15) is 0 Å². The number of ether oxygens (including phenoxy) is 2. The number of nitrogens with zero attached hydrogens (tertiary/aromatic N) is 2. The molecule has 0 aliphatic heterocycles. The predicted octanol–water partition coefficient (Wildman–Crippen LogP) is 5.03. The Balaban J connectivity index is 1.71. The average molecular weight is 614 g/mol. The van der Waals surface area contributed by atoms with Crippen LogP contribution >= 0.6 is 11.6 Å². The van der Waals surface area contributed by atoms with Crippen LogP contribution in [-0.4, -0.2) is 58.0 Å². The van der Waals surface area contributed by atoms with Crippen LogP contribution in [0.15, 0.2) is 77.7 Å². The standard InChI is InChI=1S/C31H36ClN3O6S/c1-22(31(37)33-25-9-7-8-10-25)34(20-23-13-15-24(32)16-14-23)30(36)21-35(42(38,39)27-11-5-4-6-12-27)26-17-18-28(40-2)29(19-26)41-3/h4-6,11-19,22,25H,7-10,20-21H2,1-3H3,(H,33,37)/t22-/m1/s1. The highest BCUT2D eigenvalue weighted by Crippen LogP contribution is 2.34. The van der Waals surface area contributed by atoms with Gasteiger partial charge in [0.05, 0.1) is 24.8 Å². The number of hydrogen-bond donors (Lipinski definition) is 1. The van der Waals surface area contributed by atoms with Gasteiger partial charge in [0.2, 0.25) is 11.8 Å². The molecule has 0 unspecified atom stereocenters. The molecule has 0 heterocycles. The van der Waals surface area contributed by atoms with E-state index >= 15 is 0 Å². The number of carbonyl (C=O) groups is 2. The Morgan fingerprint density at radius 2 is 1.60 bits per heavy atom. The van der Waals surface area contributed by atoms with E-state index in [1.807, 2.05) is 0 Å². The Kier molecular flexibility index (Phi) is 10.3. The maximum atomic E-state index is 14.1. The van der Waals surface area contributed by atoms with Crippen LogP contribution in [0.25, 0.3) is 0 Å². The first-order chi connectivity index (χ1) is 20.1. The van der Waals surface area contributed by atoms with Gasteiger partial charge in [-0.05, 0) is 61.7 Å². The topological polar surface area (TPSA) is 105 Å². The van der Waals surface area contributed by atoms with Gasteiger partial charge in [-0.25, -0.2) is 8.42 Å². The molecule has 4 rings (SSSR count). The summed E-state index contributed by atoms with van der Waals surface area (Å²) in [6.45, 7) is 1.19. The van der Waals surface area contributed by atoms with Crippen LogP contribution in [0.4, 0.5) is 5.69 Å². The first-order valence-electron chi connectivity index (χ1n) is 13.8. The van der Waals surface area contributed by atoms with E-state index in [2.05, 4.69) is 5.32 Å². The molecule has 1 aliphatic rings. The number of amides is 2. The lowest BCUT2D eigenvalue weighted by atomic mass is 10.1. The van der Waals surface area contributed by atoms with E-state index in [-0.39, 0.29) is 29.1 Å². The van der Waals surface area contributed by atoms with Gasteiger partial charge in [0.25, 0.3) is 10.0 Å². The highest BCUT2D eigenvalue weighted by atomic mass is 35.5. The first kappa shape index (κ1) is 31.2. The zero-order valence-electron chi connectivity index (χ0n) is 24.0. The highest BCUT2D eigenvalue weighted by Gasteiger charge is 2.33. The van der Waals surface area contributed by atoms with Crippen molar-refractivity contribution in [2.45, 2.75) is 56.1 Å². The Morgan fingerprint density at radius 1 is 0.952 bits per heavy atom. The summed E-state index contributed by atoms with van der Waals surface area (Å²) < 4.78 is 39.7. The van der Waals surface area contributed by atoms with Gasteiger partial charge in [-0.15, -0.1) is 0 Å². The summed E-state index contributed by atoms with van der Waals surface area (Å²) >= 11 is 6.07. The molecule has 3 aromatic rings. The number of methoxy groups -OCH3 is 2. The van der Waals surface area contributed by atoms with Crippen molar-refractivity contribution < 1.29 is 27.5 Å². The van der Waals surface area contributed by atoms with Crippen molar-refractivity contribution in [1.82, 2.24) is 10.2 Å². The molecule has 0 aromatic heterocycles. The van der Waals surface area contributed by atoms with Crippen LogP contribution in [0.5, 0.6) is 11.5 Å². The molecule has 9 nitrogen and oxygen atoms in total. The SMILES string of the molecule is COc1ccc(N(CC(=O)N(Cc2ccc(Cl)cc2)[C@H](C)C(=O)NC2CCCC2)S(=O)(=O)c2ccccc2)cc1OC. The second kappa shape index (κ2) is 13.9. The Hall–Kier alpha value is -3.76. The molecule has 1 atom stereocenters. The van der Waals surface area contributed by atoms with Crippen LogP contribution in [0, 0.1) is 0 Å².